The van der Waals surface area contributed by atoms with E-state index in [1.807, 2.05) is 29.2 Å². The Labute approximate surface area is 214 Å². The molecule has 3 aromatic carbocycles. The maximum Gasteiger partial charge on any atom is 0.416 e. The third-order valence-electron chi connectivity index (χ3n) is 6.26. The number of carbonyl (C=O) groups excluding carboxylic acids is 1. The molecule has 1 saturated heterocycles. The van der Waals surface area contributed by atoms with Gasteiger partial charge in [-0.05, 0) is 60.7 Å². The Hall–Kier alpha value is -3.92. The SMILES string of the molecule is O=C(c1ccc(NS(=O)c2cccc3cccnc23)cc1)N1CCN(c2ccc(C(F)(F)F)cc2)CC1. The molecule has 0 radical (unpaired) electrons. The number of fused-ring (bicyclic) bond motifs is 1. The topological polar surface area (TPSA) is 65.5 Å². The molecule has 10 heteroatoms. The van der Waals surface area contributed by atoms with Gasteiger partial charge in [-0.15, -0.1) is 0 Å². The lowest BCUT2D eigenvalue weighted by molar-refractivity contribution is -0.137. The number of carbonyl (C=O) groups is 1. The summed E-state index contributed by atoms with van der Waals surface area (Å²) in [7, 11) is -1.54. The average molecular weight is 525 g/mol. The van der Waals surface area contributed by atoms with Crippen molar-refractivity contribution in [2.75, 3.05) is 35.8 Å². The van der Waals surface area contributed by atoms with Crippen LogP contribution in [0.15, 0.2) is 90.0 Å². The molecule has 0 spiro atoms. The second-order valence-electron chi connectivity index (χ2n) is 8.60. The molecular formula is C27H23F3N4O2S. The smallest absolute Gasteiger partial charge is 0.368 e. The van der Waals surface area contributed by atoms with Gasteiger partial charge in [0, 0.05) is 54.7 Å². The van der Waals surface area contributed by atoms with Gasteiger partial charge in [0.15, 0.2) is 11.0 Å². The summed E-state index contributed by atoms with van der Waals surface area (Å²) < 4.78 is 54.3. The van der Waals surface area contributed by atoms with Crippen LogP contribution in [0.1, 0.15) is 15.9 Å². The largest absolute Gasteiger partial charge is 0.416 e. The van der Waals surface area contributed by atoms with Crippen molar-refractivity contribution in [2.24, 2.45) is 0 Å². The third-order valence-corrected chi connectivity index (χ3v) is 7.41. The van der Waals surface area contributed by atoms with Crippen LogP contribution >= 0.6 is 0 Å². The summed E-state index contributed by atoms with van der Waals surface area (Å²) in [5.74, 6) is -0.127. The highest BCUT2D eigenvalue weighted by atomic mass is 32.2. The standard InChI is InChI=1S/C27H23F3N4O2S/c28-27(29,30)21-8-12-23(13-9-21)33-15-17-34(18-16-33)26(35)20-6-10-22(11-7-20)32-37(36)24-5-1-3-19-4-2-14-31-25(19)24/h1-14,32H,15-18H2. The van der Waals surface area contributed by atoms with Gasteiger partial charge in [0.2, 0.25) is 0 Å². The van der Waals surface area contributed by atoms with Crippen LogP contribution in [0.25, 0.3) is 10.9 Å². The molecule has 1 amide bonds. The first kappa shape index (κ1) is 24.8. The van der Waals surface area contributed by atoms with Crippen molar-refractivity contribution < 1.29 is 22.2 Å². The minimum Gasteiger partial charge on any atom is -0.368 e. The monoisotopic (exact) mass is 524 g/mol. The van der Waals surface area contributed by atoms with E-state index in [9.17, 15) is 22.2 Å². The first-order valence-electron chi connectivity index (χ1n) is 11.6. The second kappa shape index (κ2) is 10.2. The highest BCUT2D eigenvalue weighted by molar-refractivity contribution is 7.86. The molecule has 0 saturated carbocycles. The van der Waals surface area contributed by atoms with Gasteiger partial charge >= 0.3 is 6.18 Å². The number of hydrogen-bond donors (Lipinski definition) is 1. The van der Waals surface area contributed by atoms with E-state index in [0.717, 1.165) is 17.5 Å². The van der Waals surface area contributed by atoms with Crippen molar-refractivity contribution >= 4 is 39.2 Å². The van der Waals surface area contributed by atoms with E-state index in [1.54, 1.807) is 41.4 Å². The van der Waals surface area contributed by atoms with Crippen molar-refractivity contribution in [2.45, 2.75) is 11.1 Å². The van der Waals surface area contributed by atoms with Crippen molar-refractivity contribution in [1.82, 2.24) is 9.88 Å². The van der Waals surface area contributed by atoms with Crippen molar-refractivity contribution in [3.05, 3.63) is 96.2 Å². The number of piperazine rings is 1. The van der Waals surface area contributed by atoms with E-state index in [1.165, 1.54) is 12.1 Å². The number of anilines is 2. The highest BCUT2D eigenvalue weighted by Crippen LogP contribution is 2.31. The second-order valence-corrected chi connectivity index (χ2v) is 9.78. The van der Waals surface area contributed by atoms with Crippen molar-refractivity contribution in [3.63, 3.8) is 0 Å². The number of alkyl halides is 3. The Bertz CT molecular complexity index is 1430. The first-order chi connectivity index (χ1) is 17.8. The number of halogens is 3. The summed E-state index contributed by atoms with van der Waals surface area (Å²) in [4.78, 5) is 21.6. The highest BCUT2D eigenvalue weighted by Gasteiger charge is 2.30. The molecule has 2 heterocycles. The zero-order chi connectivity index (χ0) is 26.0. The molecule has 1 aliphatic heterocycles. The van der Waals surface area contributed by atoms with Crippen LogP contribution in [0.4, 0.5) is 24.5 Å². The predicted molar refractivity (Wildman–Crippen MR) is 138 cm³/mol. The number of benzene rings is 3. The van der Waals surface area contributed by atoms with Crippen LogP contribution in [0.2, 0.25) is 0 Å². The van der Waals surface area contributed by atoms with Gasteiger partial charge in [0.1, 0.15) is 0 Å². The van der Waals surface area contributed by atoms with Gasteiger partial charge in [0.05, 0.1) is 16.0 Å². The molecule has 190 valence electrons. The summed E-state index contributed by atoms with van der Waals surface area (Å²) in [6, 6.07) is 21.1. The van der Waals surface area contributed by atoms with Gasteiger partial charge in [0.25, 0.3) is 5.91 Å². The number of amides is 1. The maximum atomic E-state index is 13.0. The molecule has 1 aromatic heterocycles. The van der Waals surface area contributed by atoms with Gasteiger partial charge in [-0.25, -0.2) is 4.21 Å². The van der Waals surface area contributed by atoms with E-state index >= 15 is 0 Å². The van der Waals surface area contributed by atoms with Gasteiger partial charge < -0.3 is 14.5 Å². The Morgan fingerprint density at radius 1 is 0.865 bits per heavy atom. The molecule has 0 aliphatic carbocycles. The summed E-state index contributed by atoms with van der Waals surface area (Å²) in [5.41, 5.74) is 1.80. The molecule has 4 aromatic rings. The molecule has 5 rings (SSSR count). The third kappa shape index (κ3) is 5.43. The fourth-order valence-corrected chi connectivity index (χ4v) is 5.29. The number of para-hydroxylation sites is 1. The van der Waals surface area contributed by atoms with Crippen LogP contribution < -0.4 is 9.62 Å². The van der Waals surface area contributed by atoms with Crippen LogP contribution in [-0.2, 0) is 17.2 Å². The quantitative estimate of drug-likeness (QED) is 0.382. The molecule has 6 nitrogen and oxygen atoms in total. The number of aromatic nitrogens is 1. The molecule has 1 aliphatic rings. The van der Waals surface area contributed by atoms with Crippen LogP contribution in [0.5, 0.6) is 0 Å². The van der Waals surface area contributed by atoms with E-state index in [-0.39, 0.29) is 5.91 Å². The van der Waals surface area contributed by atoms with E-state index < -0.39 is 22.7 Å². The molecule has 1 N–H and O–H groups in total. The molecule has 37 heavy (non-hydrogen) atoms. The lowest BCUT2D eigenvalue weighted by Gasteiger charge is -2.36. The fraction of sp³-hybridized carbons (Fsp3) is 0.185. The summed E-state index contributed by atoms with van der Waals surface area (Å²) in [6.07, 6.45) is -2.70. The normalized spacial score (nSPS) is 15.0. The Morgan fingerprint density at radius 3 is 2.22 bits per heavy atom. The molecule has 1 atom stereocenters. The van der Waals surface area contributed by atoms with Crippen LogP contribution in [-0.4, -0.2) is 46.2 Å². The molecular weight excluding hydrogens is 501 g/mol. The molecule has 1 unspecified atom stereocenters. The number of nitrogens with zero attached hydrogens (tertiary/aromatic N) is 3. The summed E-state index contributed by atoms with van der Waals surface area (Å²) in [5, 5.41) is 0.898. The Balaban J connectivity index is 1.19. The van der Waals surface area contributed by atoms with Crippen molar-refractivity contribution in [3.8, 4) is 0 Å². The van der Waals surface area contributed by atoms with Gasteiger partial charge in [-0.1, -0.05) is 18.2 Å². The van der Waals surface area contributed by atoms with Crippen LogP contribution in [0.3, 0.4) is 0 Å². The summed E-state index contributed by atoms with van der Waals surface area (Å²) in [6.45, 7) is 1.96. The number of nitrogens with one attached hydrogen (secondary N) is 1. The van der Waals surface area contributed by atoms with E-state index in [2.05, 4.69) is 9.71 Å². The molecule has 1 fully saturated rings. The van der Waals surface area contributed by atoms with Crippen molar-refractivity contribution in [1.29, 1.82) is 0 Å². The first-order valence-corrected chi connectivity index (χ1v) is 12.8. The Morgan fingerprint density at radius 2 is 1.54 bits per heavy atom. The minimum absolute atomic E-state index is 0.127. The van der Waals surface area contributed by atoms with Gasteiger partial charge in [-0.2, -0.15) is 13.2 Å². The van der Waals surface area contributed by atoms with E-state index in [0.29, 0.717) is 53.5 Å². The minimum atomic E-state index is -4.36. The number of rotatable bonds is 5. The van der Waals surface area contributed by atoms with Crippen LogP contribution in [0, 0.1) is 0 Å². The zero-order valence-electron chi connectivity index (χ0n) is 19.6. The predicted octanol–water partition coefficient (Wildman–Crippen LogP) is 5.35. The number of pyridine rings is 1. The average Bonchev–Trinajstić information content (AvgIpc) is 2.92. The van der Waals surface area contributed by atoms with E-state index in [4.69, 9.17) is 0 Å². The number of hydrogen-bond acceptors (Lipinski definition) is 4. The fourth-order valence-electron chi connectivity index (χ4n) is 4.28. The lowest BCUT2D eigenvalue weighted by Crippen LogP contribution is -2.48. The maximum absolute atomic E-state index is 13.0. The summed E-state index contributed by atoms with van der Waals surface area (Å²) >= 11 is 0. The van der Waals surface area contributed by atoms with Gasteiger partial charge in [-0.3, -0.25) is 9.78 Å². The Kier molecular flexibility index (Phi) is 6.84. The zero-order valence-corrected chi connectivity index (χ0v) is 20.4. The lowest BCUT2D eigenvalue weighted by atomic mass is 10.1. The molecule has 0 bridgehead atoms.